The van der Waals surface area contributed by atoms with Crippen molar-refractivity contribution in [3.8, 4) is 0 Å². The summed E-state index contributed by atoms with van der Waals surface area (Å²) in [5.41, 5.74) is 2.16. The van der Waals surface area contributed by atoms with Gasteiger partial charge in [-0.1, -0.05) is 25.5 Å². The lowest BCUT2D eigenvalue weighted by Crippen LogP contribution is -2.36. The van der Waals surface area contributed by atoms with Crippen LogP contribution < -0.4 is 5.32 Å². The minimum Gasteiger partial charge on any atom is -0.357 e. The van der Waals surface area contributed by atoms with Crippen LogP contribution in [0.25, 0.3) is 0 Å². The van der Waals surface area contributed by atoms with Crippen LogP contribution in [0.15, 0.2) is 23.4 Å². The van der Waals surface area contributed by atoms with Gasteiger partial charge in [0.05, 0.1) is 0 Å². The van der Waals surface area contributed by atoms with Gasteiger partial charge in [0.2, 0.25) is 0 Å². The monoisotopic (exact) mass is 199 g/mol. The molecule has 0 rings (SSSR count). The Hall–Kier alpha value is -0.790. The highest BCUT2D eigenvalue weighted by atomic mass is 19.1. The molecule has 0 aliphatic carbocycles. The zero-order chi connectivity index (χ0) is 11.2. The first-order valence-corrected chi connectivity index (χ1v) is 5.22. The first-order valence-electron chi connectivity index (χ1n) is 5.22. The predicted octanol–water partition coefficient (Wildman–Crippen LogP) is 3.93. The topological polar surface area (TPSA) is 12.0 Å². The van der Waals surface area contributed by atoms with E-state index in [1.165, 1.54) is 5.57 Å². The highest BCUT2D eigenvalue weighted by molar-refractivity contribution is 5.15. The molecule has 0 aromatic carbocycles. The summed E-state index contributed by atoms with van der Waals surface area (Å²) in [6.45, 7) is 9.47. The summed E-state index contributed by atoms with van der Waals surface area (Å²) in [5.74, 6) is -1.29. The fourth-order valence-electron chi connectivity index (χ4n) is 0.938. The second kappa shape index (κ2) is 5.84. The minimum absolute atomic E-state index is 0.471. The van der Waals surface area contributed by atoms with Crippen molar-refractivity contribution in [2.75, 3.05) is 0 Å². The molecule has 0 heterocycles. The van der Waals surface area contributed by atoms with Crippen molar-refractivity contribution >= 4 is 0 Å². The molecule has 0 radical (unpaired) electrons. The van der Waals surface area contributed by atoms with Gasteiger partial charge in [-0.3, -0.25) is 0 Å². The third-order valence-corrected chi connectivity index (χ3v) is 2.08. The van der Waals surface area contributed by atoms with Gasteiger partial charge in [-0.15, -0.1) is 0 Å². The normalized spacial score (nSPS) is 16.0. The van der Waals surface area contributed by atoms with Gasteiger partial charge in [-0.25, -0.2) is 4.39 Å². The maximum absolute atomic E-state index is 13.6. The number of alkyl halides is 1. The molecule has 0 amide bonds. The number of rotatable bonds is 5. The van der Waals surface area contributed by atoms with Crippen LogP contribution in [0, 0.1) is 0 Å². The number of hydrogen-bond donors (Lipinski definition) is 1. The van der Waals surface area contributed by atoms with Crippen LogP contribution in [0.3, 0.4) is 0 Å². The Balaban J connectivity index is 4.44. The summed E-state index contributed by atoms with van der Waals surface area (Å²) in [4.78, 5) is 0. The first kappa shape index (κ1) is 13.2. The molecular weight excluding hydrogens is 177 g/mol. The number of hydrogen-bond acceptors (Lipinski definition) is 1. The van der Waals surface area contributed by atoms with E-state index in [9.17, 15) is 4.39 Å². The number of nitrogens with one attached hydrogen (secondary N) is 1. The zero-order valence-electron chi connectivity index (χ0n) is 9.95. The van der Waals surface area contributed by atoms with E-state index in [0.29, 0.717) is 6.42 Å². The van der Waals surface area contributed by atoms with Crippen molar-refractivity contribution in [3.05, 3.63) is 23.4 Å². The van der Waals surface area contributed by atoms with Crippen LogP contribution in [-0.4, -0.2) is 5.79 Å². The van der Waals surface area contributed by atoms with E-state index in [0.717, 1.165) is 12.1 Å². The molecule has 0 aliphatic rings. The van der Waals surface area contributed by atoms with Gasteiger partial charge in [0.1, 0.15) is 0 Å². The fraction of sp³-hybridized carbons (Fsp3) is 0.667. The SMILES string of the molecule is CC/C(=C\C=C(C)C)NC(C)(F)CC. The molecule has 82 valence electrons. The van der Waals surface area contributed by atoms with E-state index in [1.807, 2.05) is 39.8 Å². The van der Waals surface area contributed by atoms with Crippen molar-refractivity contribution in [2.45, 2.75) is 53.3 Å². The van der Waals surface area contributed by atoms with Crippen molar-refractivity contribution in [1.82, 2.24) is 5.32 Å². The molecule has 0 saturated carbocycles. The molecule has 1 nitrogen and oxygen atoms in total. The van der Waals surface area contributed by atoms with Crippen LogP contribution in [0.2, 0.25) is 0 Å². The highest BCUT2D eigenvalue weighted by Crippen LogP contribution is 2.14. The Labute approximate surface area is 87.1 Å². The lowest BCUT2D eigenvalue weighted by molar-refractivity contribution is 0.147. The van der Waals surface area contributed by atoms with Gasteiger partial charge in [0, 0.05) is 5.70 Å². The van der Waals surface area contributed by atoms with Crippen molar-refractivity contribution in [1.29, 1.82) is 0 Å². The van der Waals surface area contributed by atoms with Crippen molar-refractivity contribution in [2.24, 2.45) is 0 Å². The van der Waals surface area contributed by atoms with Crippen LogP contribution in [0.4, 0.5) is 4.39 Å². The molecule has 0 aromatic rings. The van der Waals surface area contributed by atoms with E-state index in [4.69, 9.17) is 0 Å². The van der Waals surface area contributed by atoms with Gasteiger partial charge < -0.3 is 5.32 Å². The standard InChI is InChI=1S/C12H22FN/c1-6-11(9-8-10(3)4)14-12(5,13)7-2/h8-9,14H,6-7H2,1-5H3/b11-9+. The van der Waals surface area contributed by atoms with E-state index < -0.39 is 5.79 Å². The number of halogens is 1. The Bertz CT molecular complexity index is 222. The molecule has 0 bridgehead atoms. The summed E-state index contributed by atoms with van der Waals surface area (Å²) < 4.78 is 13.6. The molecule has 0 spiro atoms. The fourth-order valence-corrected chi connectivity index (χ4v) is 0.938. The van der Waals surface area contributed by atoms with Crippen LogP contribution in [-0.2, 0) is 0 Å². The third-order valence-electron chi connectivity index (χ3n) is 2.08. The Kier molecular flexibility index (Phi) is 5.51. The smallest absolute Gasteiger partial charge is 0.177 e. The Morgan fingerprint density at radius 2 is 1.86 bits per heavy atom. The summed E-state index contributed by atoms with van der Waals surface area (Å²) in [7, 11) is 0. The summed E-state index contributed by atoms with van der Waals surface area (Å²) in [6.07, 6.45) is 5.24. The van der Waals surface area contributed by atoms with E-state index in [2.05, 4.69) is 5.32 Å². The van der Waals surface area contributed by atoms with E-state index >= 15 is 0 Å². The Morgan fingerprint density at radius 1 is 1.29 bits per heavy atom. The molecule has 1 N–H and O–H groups in total. The lowest BCUT2D eigenvalue weighted by Gasteiger charge is -2.22. The summed E-state index contributed by atoms with van der Waals surface area (Å²) in [5, 5.41) is 2.90. The average Bonchev–Trinajstić information content (AvgIpc) is 2.12. The molecular formula is C12H22FN. The van der Waals surface area contributed by atoms with E-state index in [-0.39, 0.29) is 0 Å². The second-order valence-corrected chi connectivity index (χ2v) is 3.97. The second-order valence-electron chi connectivity index (χ2n) is 3.97. The quantitative estimate of drug-likeness (QED) is 0.522. The van der Waals surface area contributed by atoms with Gasteiger partial charge in [-0.2, -0.15) is 0 Å². The molecule has 0 saturated heterocycles. The minimum atomic E-state index is -1.29. The molecule has 1 atom stereocenters. The molecule has 14 heavy (non-hydrogen) atoms. The van der Waals surface area contributed by atoms with Crippen molar-refractivity contribution in [3.63, 3.8) is 0 Å². The zero-order valence-corrected chi connectivity index (χ0v) is 9.95. The maximum atomic E-state index is 13.6. The first-order chi connectivity index (χ1) is 6.41. The number of allylic oxidation sites excluding steroid dienone is 4. The Morgan fingerprint density at radius 3 is 2.21 bits per heavy atom. The highest BCUT2D eigenvalue weighted by Gasteiger charge is 2.19. The average molecular weight is 199 g/mol. The lowest BCUT2D eigenvalue weighted by atomic mass is 10.2. The van der Waals surface area contributed by atoms with Gasteiger partial charge in [-0.05, 0) is 39.7 Å². The van der Waals surface area contributed by atoms with Gasteiger partial charge in [0.15, 0.2) is 5.79 Å². The molecule has 0 aromatic heterocycles. The molecule has 1 unspecified atom stereocenters. The summed E-state index contributed by atoms with van der Waals surface area (Å²) in [6, 6.07) is 0. The maximum Gasteiger partial charge on any atom is 0.177 e. The predicted molar refractivity (Wildman–Crippen MR) is 60.7 cm³/mol. The van der Waals surface area contributed by atoms with Crippen LogP contribution >= 0.6 is 0 Å². The van der Waals surface area contributed by atoms with Gasteiger partial charge in [0.25, 0.3) is 0 Å². The van der Waals surface area contributed by atoms with E-state index in [1.54, 1.807) is 6.92 Å². The van der Waals surface area contributed by atoms with Crippen LogP contribution in [0.1, 0.15) is 47.5 Å². The van der Waals surface area contributed by atoms with Crippen molar-refractivity contribution < 1.29 is 4.39 Å². The summed E-state index contributed by atoms with van der Waals surface area (Å²) >= 11 is 0. The van der Waals surface area contributed by atoms with Crippen LogP contribution in [0.5, 0.6) is 0 Å². The molecule has 2 heteroatoms. The molecule has 0 aliphatic heterocycles. The van der Waals surface area contributed by atoms with Gasteiger partial charge >= 0.3 is 0 Å². The third kappa shape index (κ3) is 5.79. The largest absolute Gasteiger partial charge is 0.357 e. The molecule has 0 fully saturated rings.